The van der Waals surface area contributed by atoms with Gasteiger partial charge in [-0.25, -0.2) is 14.4 Å². The summed E-state index contributed by atoms with van der Waals surface area (Å²) in [6, 6.07) is 7.77. The van der Waals surface area contributed by atoms with E-state index in [9.17, 15) is 9.18 Å². The van der Waals surface area contributed by atoms with Gasteiger partial charge in [0.15, 0.2) is 5.82 Å². The van der Waals surface area contributed by atoms with E-state index in [2.05, 4.69) is 66.4 Å². The van der Waals surface area contributed by atoms with E-state index in [1.165, 1.54) is 24.9 Å². The second-order valence-electron chi connectivity index (χ2n) is 10.2. The fourth-order valence-electron chi connectivity index (χ4n) is 3.83. The molecule has 4 rings (SSSR count). The third kappa shape index (κ3) is 7.70. The van der Waals surface area contributed by atoms with E-state index in [-0.39, 0.29) is 18.1 Å². The molecule has 1 saturated heterocycles. The van der Waals surface area contributed by atoms with Crippen molar-refractivity contribution in [1.29, 1.82) is 0 Å². The Morgan fingerprint density at radius 2 is 1.86 bits per heavy atom. The Hall–Kier alpha value is -3.60. The molecule has 0 saturated carbocycles. The van der Waals surface area contributed by atoms with Crippen molar-refractivity contribution in [2.45, 2.75) is 40.2 Å². The summed E-state index contributed by atoms with van der Waals surface area (Å²) >= 11 is 0. The van der Waals surface area contributed by atoms with Crippen LogP contribution in [0.5, 0.6) is 0 Å². The Balaban J connectivity index is 1.25. The highest BCUT2D eigenvalue weighted by Gasteiger charge is 2.21. The first-order valence-electron chi connectivity index (χ1n) is 12.2. The average Bonchev–Trinajstić information content (AvgIpc) is 3.29. The molecule has 0 spiro atoms. The summed E-state index contributed by atoms with van der Waals surface area (Å²) < 4.78 is 13.0. The maximum atomic E-state index is 13.0. The zero-order valence-corrected chi connectivity index (χ0v) is 21.1. The molecule has 1 amide bonds. The number of nitrogens with zero attached hydrogens (tertiary/aromatic N) is 6. The van der Waals surface area contributed by atoms with Gasteiger partial charge in [0.2, 0.25) is 17.8 Å². The maximum absolute atomic E-state index is 13.0. The molecule has 1 fully saturated rings. The third-order valence-corrected chi connectivity index (χ3v) is 6.02. The first-order chi connectivity index (χ1) is 17.2. The first kappa shape index (κ1) is 25.5. The quantitative estimate of drug-likeness (QED) is 0.415. The van der Waals surface area contributed by atoms with Crippen LogP contribution in [0.3, 0.4) is 0 Å². The number of hydrogen-bond acceptors (Lipinski definition) is 8. The highest BCUT2D eigenvalue weighted by molar-refractivity contribution is 5.78. The number of nitrogens with one attached hydrogen (secondary N) is 3. The fraction of sp³-hybridized carbons (Fsp3) is 0.480. The SMILES string of the molecule is CC(C)(C)CCN1CCN(c2ncnc(Nc3cc(CC(=O)NCc4ccc(F)cc4)[nH]n3)n2)CC1. The second kappa shape index (κ2) is 11.4. The summed E-state index contributed by atoms with van der Waals surface area (Å²) in [5, 5.41) is 13.0. The van der Waals surface area contributed by atoms with Crippen LogP contribution in [0.15, 0.2) is 36.7 Å². The first-order valence-corrected chi connectivity index (χ1v) is 12.2. The minimum atomic E-state index is -0.304. The number of carbonyl (C=O) groups excluding carboxylic acids is 1. The van der Waals surface area contributed by atoms with Crippen molar-refractivity contribution in [3.05, 3.63) is 53.7 Å². The Kier molecular flexibility index (Phi) is 8.09. The van der Waals surface area contributed by atoms with Crippen LogP contribution in [0, 0.1) is 11.2 Å². The number of hydrogen-bond donors (Lipinski definition) is 3. The lowest BCUT2D eigenvalue weighted by Crippen LogP contribution is -2.47. The molecule has 3 heterocycles. The van der Waals surface area contributed by atoms with Crippen LogP contribution in [0.25, 0.3) is 0 Å². The van der Waals surface area contributed by atoms with Gasteiger partial charge >= 0.3 is 0 Å². The van der Waals surface area contributed by atoms with Gasteiger partial charge in [-0.05, 0) is 36.1 Å². The molecule has 1 aliphatic heterocycles. The van der Waals surface area contributed by atoms with Gasteiger partial charge in [0.25, 0.3) is 0 Å². The molecule has 0 unspecified atom stereocenters. The smallest absolute Gasteiger partial charge is 0.233 e. The maximum Gasteiger partial charge on any atom is 0.233 e. The van der Waals surface area contributed by atoms with Crippen molar-refractivity contribution >= 4 is 23.6 Å². The van der Waals surface area contributed by atoms with Gasteiger partial charge in [-0.1, -0.05) is 32.9 Å². The standard InChI is InChI=1S/C25H34FN9O/c1-25(2,3)8-9-34-10-12-35(13-11-34)24-29-17-28-23(31-24)30-21-14-20(32-33-21)15-22(36)27-16-18-4-6-19(26)7-5-18/h4-7,14,17H,8-13,15-16H2,1-3H3,(H,27,36)(H2,28,29,30,31,32,33). The summed E-state index contributed by atoms with van der Waals surface area (Å²) in [4.78, 5) is 30.0. The average molecular weight is 496 g/mol. The minimum Gasteiger partial charge on any atom is -0.352 e. The van der Waals surface area contributed by atoms with E-state index >= 15 is 0 Å². The van der Waals surface area contributed by atoms with E-state index in [1.807, 2.05) is 0 Å². The lowest BCUT2D eigenvalue weighted by Gasteiger charge is -2.35. The molecule has 0 bridgehead atoms. The predicted molar refractivity (Wildman–Crippen MR) is 136 cm³/mol. The molecule has 0 atom stereocenters. The largest absolute Gasteiger partial charge is 0.352 e. The predicted octanol–water partition coefficient (Wildman–Crippen LogP) is 2.89. The van der Waals surface area contributed by atoms with Crippen molar-refractivity contribution < 1.29 is 9.18 Å². The number of amides is 1. The molecule has 3 aromatic rings. The van der Waals surface area contributed by atoms with E-state index in [0.717, 1.165) is 38.3 Å². The number of rotatable bonds is 9. The molecule has 0 radical (unpaired) electrons. The minimum absolute atomic E-state index is 0.137. The number of piperazine rings is 1. The molecule has 1 aliphatic rings. The van der Waals surface area contributed by atoms with E-state index in [1.54, 1.807) is 18.2 Å². The van der Waals surface area contributed by atoms with Crippen molar-refractivity contribution in [2.75, 3.05) is 42.9 Å². The molecular weight excluding hydrogens is 461 g/mol. The molecule has 3 N–H and O–H groups in total. The van der Waals surface area contributed by atoms with Crippen molar-refractivity contribution in [3.63, 3.8) is 0 Å². The molecule has 192 valence electrons. The number of aromatic amines is 1. The summed E-state index contributed by atoms with van der Waals surface area (Å²) in [5.74, 6) is 1.08. The molecule has 10 nitrogen and oxygen atoms in total. The number of carbonyl (C=O) groups is 1. The number of aromatic nitrogens is 5. The van der Waals surface area contributed by atoms with Gasteiger partial charge in [0.1, 0.15) is 12.1 Å². The number of anilines is 3. The van der Waals surface area contributed by atoms with E-state index < -0.39 is 0 Å². The van der Waals surface area contributed by atoms with Crippen LogP contribution in [0.2, 0.25) is 0 Å². The van der Waals surface area contributed by atoms with Gasteiger partial charge in [-0.3, -0.25) is 14.8 Å². The Morgan fingerprint density at radius 3 is 2.58 bits per heavy atom. The highest BCUT2D eigenvalue weighted by atomic mass is 19.1. The Bertz CT molecular complexity index is 1130. The lowest BCUT2D eigenvalue weighted by atomic mass is 9.92. The van der Waals surface area contributed by atoms with Crippen LogP contribution in [0.1, 0.15) is 38.4 Å². The van der Waals surface area contributed by atoms with Crippen LogP contribution < -0.4 is 15.5 Å². The molecule has 36 heavy (non-hydrogen) atoms. The Labute approximate surface area is 210 Å². The van der Waals surface area contributed by atoms with Gasteiger partial charge < -0.3 is 15.5 Å². The molecular formula is C25H34FN9O. The van der Waals surface area contributed by atoms with Crippen molar-refractivity contribution in [3.8, 4) is 0 Å². The van der Waals surface area contributed by atoms with Gasteiger partial charge in [0.05, 0.1) is 6.42 Å². The van der Waals surface area contributed by atoms with Crippen LogP contribution >= 0.6 is 0 Å². The lowest BCUT2D eigenvalue weighted by molar-refractivity contribution is -0.120. The molecule has 2 aromatic heterocycles. The van der Waals surface area contributed by atoms with Gasteiger partial charge in [-0.2, -0.15) is 10.1 Å². The van der Waals surface area contributed by atoms with Crippen LogP contribution in [-0.4, -0.2) is 68.7 Å². The number of benzene rings is 1. The van der Waals surface area contributed by atoms with Crippen LogP contribution in [0.4, 0.5) is 22.1 Å². The Morgan fingerprint density at radius 1 is 1.11 bits per heavy atom. The monoisotopic (exact) mass is 495 g/mol. The topological polar surface area (TPSA) is 115 Å². The van der Waals surface area contributed by atoms with Crippen molar-refractivity contribution in [1.82, 2.24) is 35.4 Å². The number of halogens is 1. The summed E-state index contributed by atoms with van der Waals surface area (Å²) in [6.07, 6.45) is 2.80. The summed E-state index contributed by atoms with van der Waals surface area (Å²) in [7, 11) is 0. The molecule has 11 heteroatoms. The zero-order valence-electron chi connectivity index (χ0n) is 21.1. The molecule has 1 aromatic carbocycles. The van der Waals surface area contributed by atoms with Gasteiger partial charge in [-0.15, -0.1) is 0 Å². The summed E-state index contributed by atoms with van der Waals surface area (Å²) in [5.41, 5.74) is 1.81. The summed E-state index contributed by atoms with van der Waals surface area (Å²) in [6.45, 7) is 12.0. The fourth-order valence-corrected chi connectivity index (χ4v) is 3.83. The zero-order chi connectivity index (χ0) is 25.5. The number of H-pyrrole nitrogens is 1. The van der Waals surface area contributed by atoms with E-state index in [4.69, 9.17) is 0 Å². The van der Waals surface area contributed by atoms with Crippen molar-refractivity contribution in [2.24, 2.45) is 5.41 Å². The van der Waals surface area contributed by atoms with E-state index in [0.29, 0.717) is 35.4 Å². The normalized spacial score (nSPS) is 14.6. The van der Waals surface area contributed by atoms with Crippen LogP contribution in [-0.2, 0) is 17.8 Å². The van der Waals surface area contributed by atoms with Gasteiger partial charge in [0, 0.05) is 44.5 Å². The molecule has 0 aliphatic carbocycles. The second-order valence-corrected chi connectivity index (χ2v) is 10.2. The highest BCUT2D eigenvalue weighted by Crippen LogP contribution is 2.20. The third-order valence-electron chi connectivity index (χ3n) is 6.02.